The molecule has 0 fully saturated rings. The summed E-state index contributed by atoms with van der Waals surface area (Å²) in [5, 5.41) is 3.98. The van der Waals surface area contributed by atoms with Gasteiger partial charge in [0.05, 0.1) is 16.8 Å². The molecule has 0 aliphatic rings. The SMILES string of the molecule is Cc1ccc(C)c2sc(N(C)CC(=O)NCCC(c3ccccc3)c3ccccc3)nc12. The summed E-state index contributed by atoms with van der Waals surface area (Å²) in [5.74, 6) is 0.269. The molecule has 0 saturated heterocycles. The number of benzene rings is 3. The Bertz CT molecular complexity index is 1110. The molecule has 1 aromatic heterocycles. The summed E-state index contributed by atoms with van der Waals surface area (Å²) in [4.78, 5) is 19.4. The molecule has 1 heterocycles. The van der Waals surface area contributed by atoms with Crippen molar-refractivity contribution in [3.05, 3.63) is 95.1 Å². The number of aromatic nitrogens is 1. The zero-order chi connectivity index (χ0) is 22.5. The highest BCUT2D eigenvalue weighted by Gasteiger charge is 2.16. The largest absolute Gasteiger partial charge is 0.355 e. The van der Waals surface area contributed by atoms with Crippen LogP contribution in [-0.2, 0) is 4.79 Å². The van der Waals surface area contributed by atoms with Crippen molar-refractivity contribution in [1.29, 1.82) is 0 Å². The van der Waals surface area contributed by atoms with Gasteiger partial charge in [-0.15, -0.1) is 0 Å². The molecule has 3 aromatic carbocycles. The second kappa shape index (κ2) is 9.96. The fraction of sp³-hybridized carbons (Fsp3) is 0.259. The standard InChI is InChI=1S/C27H29N3OS/c1-19-14-15-20(2)26-25(19)29-27(32-26)30(3)18-24(31)28-17-16-23(21-10-6-4-7-11-21)22-12-8-5-9-13-22/h4-15,23H,16-18H2,1-3H3,(H,28,31). The number of nitrogens with zero attached hydrogens (tertiary/aromatic N) is 2. The van der Waals surface area contributed by atoms with Gasteiger partial charge in [0, 0.05) is 19.5 Å². The smallest absolute Gasteiger partial charge is 0.239 e. The summed E-state index contributed by atoms with van der Waals surface area (Å²) in [7, 11) is 1.93. The molecule has 32 heavy (non-hydrogen) atoms. The topological polar surface area (TPSA) is 45.2 Å². The molecule has 0 spiro atoms. The van der Waals surface area contributed by atoms with Gasteiger partial charge in [0.1, 0.15) is 0 Å². The molecule has 1 amide bonds. The maximum absolute atomic E-state index is 12.7. The number of fused-ring (bicyclic) bond motifs is 1. The average molecular weight is 444 g/mol. The first-order chi connectivity index (χ1) is 15.5. The Kier molecular flexibility index (Phi) is 6.86. The molecule has 0 atom stereocenters. The minimum Gasteiger partial charge on any atom is -0.355 e. The number of hydrogen-bond donors (Lipinski definition) is 1. The van der Waals surface area contributed by atoms with Crippen LogP contribution in [0.3, 0.4) is 0 Å². The number of carbonyl (C=O) groups excluding carboxylic acids is 1. The van der Waals surface area contributed by atoms with Gasteiger partial charge in [-0.25, -0.2) is 4.98 Å². The Morgan fingerprint density at radius 3 is 2.12 bits per heavy atom. The zero-order valence-corrected chi connectivity index (χ0v) is 19.7. The lowest BCUT2D eigenvalue weighted by Crippen LogP contribution is -2.36. The summed E-state index contributed by atoms with van der Waals surface area (Å²) >= 11 is 1.65. The third-order valence-electron chi connectivity index (χ3n) is 5.80. The van der Waals surface area contributed by atoms with Crippen molar-refractivity contribution in [3.63, 3.8) is 0 Å². The number of amides is 1. The maximum Gasteiger partial charge on any atom is 0.239 e. The quantitative estimate of drug-likeness (QED) is 0.381. The minimum atomic E-state index is 0.0140. The molecular weight excluding hydrogens is 414 g/mol. The number of hydrogen-bond acceptors (Lipinski definition) is 4. The number of likely N-dealkylation sites (N-methyl/N-ethyl adjacent to an activating group) is 1. The van der Waals surface area contributed by atoms with E-state index in [1.54, 1.807) is 11.3 Å². The van der Waals surface area contributed by atoms with Crippen molar-refractivity contribution in [2.45, 2.75) is 26.2 Å². The Morgan fingerprint density at radius 2 is 1.53 bits per heavy atom. The average Bonchev–Trinajstić information content (AvgIpc) is 3.28. The van der Waals surface area contributed by atoms with E-state index in [9.17, 15) is 4.79 Å². The van der Waals surface area contributed by atoms with Crippen LogP contribution in [0.25, 0.3) is 10.2 Å². The lowest BCUT2D eigenvalue weighted by atomic mass is 9.88. The monoisotopic (exact) mass is 443 g/mol. The van der Waals surface area contributed by atoms with E-state index in [2.05, 4.69) is 79.8 Å². The fourth-order valence-corrected chi connectivity index (χ4v) is 5.07. The summed E-state index contributed by atoms with van der Waals surface area (Å²) in [6.07, 6.45) is 0.850. The fourth-order valence-electron chi connectivity index (χ4n) is 4.00. The third kappa shape index (κ3) is 5.00. The summed E-state index contributed by atoms with van der Waals surface area (Å²) in [6.45, 7) is 5.10. The highest BCUT2D eigenvalue weighted by atomic mass is 32.1. The van der Waals surface area contributed by atoms with Gasteiger partial charge in [0.15, 0.2) is 5.13 Å². The Balaban J connectivity index is 1.38. The maximum atomic E-state index is 12.7. The van der Waals surface area contributed by atoms with E-state index >= 15 is 0 Å². The molecule has 5 heteroatoms. The van der Waals surface area contributed by atoms with Gasteiger partial charge in [0.25, 0.3) is 0 Å². The van der Waals surface area contributed by atoms with Gasteiger partial charge in [0.2, 0.25) is 5.91 Å². The van der Waals surface area contributed by atoms with Crippen LogP contribution in [-0.4, -0.2) is 31.0 Å². The van der Waals surface area contributed by atoms with Crippen LogP contribution in [0.5, 0.6) is 0 Å². The normalized spacial score (nSPS) is 11.1. The minimum absolute atomic E-state index is 0.0140. The Hall–Kier alpha value is -3.18. The van der Waals surface area contributed by atoms with Crippen molar-refractivity contribution in [1.82, 2.24) is 10.3 Å². The van der Waals surface area contributed by atoms with Crippen molar-refractivity contribution >= 4 is 32.6 Å². The van der Waals surface area contributed by atoms with Gasteiger partial charge >= 0.3 is 0 Å². The van der Waals surface area contributed by atoms with Crippen LogP contribution in [0.1, 0.15) is 34.6 Å². The van der Waals surface area contributed by atoms with E-state index in [-0.39, 0.29) is 11.8 Å². The highest BCUT2D eigenvalue weighted by Crippen LogP contribution is 2.32. The van der Waals surface area contributed by atoms with E-state index in [1.807, 2.05) is 24.1 Å². The predicted octanol–water partition coefficient (Wildman–Crippen LogP) is 5.69. The first kappa shape index (κ1) is 22.0. The molecule has 1 N–H and O–H groups in total. The van der Waals surface area contributed by atoms with E-state index in [0.717, 1.165) is 17.1 Å². The first-order valence-electron chi connectivity index (χ1n) is 11.0. The molecule has 4 aromatic rings. The lowest BCUT2D eigenvalue weighted by molar-refractivity contribution is -0.119. The first-order valence-corrected chi connectivity index (χ1v) is 11.8. The highest BCUT2D eigenvalue weighted by molar-refractivity contribution is 7.22. The van der Waals surface area contributed by atoms with Crippen LogP contribution in [0, 0.1) is 13.8 Å². The van der Waals surface area contributed by atoms with Gasteiger partial charge in [-0.1, -0.05) is 84.1 Å². The molecule has 0 aliphatic heterocycles. The summed E-state index contributed by atoms with van der Waals surface area (Å²) in [5.41, 5.74) is 5.96. The molecule has 0 saturated carbocycles. The molecule has 0 bridgehead atoms. The van der Waals surface area contributed by atoms with Crippen LogP contribution >= 0.6 is 11.3 Å². The van der Waals surface area contributed by atoms with Crippen LogP contribution in [0.15, 0.2) is 72.8 Å². The van der Waals surface area contributed by atoms with E-state index in [4.69, 9.17) is 4.98 Å². The van der Waals surface area contributed by atoms with Gasteiger partial charge in [-0.3, -0.25) is 4.79 Å². The van der Waals surface area contributed by atoms with Crippen molar-refractivity contribution < 1.29 is 4.79 Å². The van der Waals surface area contributed by atoms with E-state index in [1.165, 1.54) is 27.0 Å². The van der Waals surface area contributed by atoms with Gasteiger partial charge in [-0.2, -0.15) is 0 Å². The number of thiazole rings is 1. The van der Waals surface area contributed by atoms with Crippen molar-refractivity contribution in [3.8, 4) is 0 Å². The molecule has 4 nitrogen and oxygen atoms in total. The molecule has 0 radical (unpaired) electrons. The van der Waals surface area contributed by atoms with Crippen molar-refractivity contribution in [2.24, 2.45) is 0 Å². The molecule has 0 unspecified atom stereocenters. The van der Waals surface area contributed by atoms with Crippen LogP contribution in [0.2, 0.25) is 0 Å². The Morgan fingerprint density at radius 1 is 0.938 bits per heavy atom. The number of carbonyl (C=O) groups is 1. The van der Waals surface area contributed by atoms with E-state index < -0.39 is 0 Å². The number of rotatable bonds is 8. The molecule has 164 valence electrons. The van der Waals surface area contributed by atoms with Gasteiger partial charge < -0.3 is 10.2 Å². The summed E-state index contributed by atoms with van der Waals surface area (Å²) in [6, 6.07) is 25.2. The van der Waals surface area contributed by atoms with Gasteiger partial charge in [-0.05, 0) is 42.5 Å². The number of aryl methyl sites for hydroxylation is 2. The van der Waals surface area contributed by atoms with Crippen LogP contribution < -0.4 is 10.2 Å². The zero-order valence-electron chi connectivity index (χ0n) is 18.8. The van der Waals surface area contributed by atoms with E-state index in [0.29, 0.717) is 13.1 Å². The predicted molar refractivity (Wildman–Crippen MR) is 135 cm³/mol. The second-order valence-corrected chi connectivity index (χ2v) is 9.22. The molecule has 4 rings (SSSR count). The second-order valence-electron chi connectivity index (χ2n) is 8.24. The van der Waals surface area contributed by atoms with Crippen molar-refractivity contribution in [2.75, 3.05) is 25.0 Å². The van der Waals surface area contributed by atoms with Crippen LogP contribution in [0.4, 0.5) is 5.13 Å². The number of nitrogens with one attached hydrogen (secondary N) is 1. The summed E-state index contributed by atoms with van der Waals surface area (Å²) < 4.78 is 1.20. The number of anilines is 1. The Labute approximate surface area is 193 Å². The molecule has 0 aliphatic carbocycles. The lowest BCUT2D eigenvalue weighted by Gasteiger charge is -2.19. The molecular formula is C27H29N3OS. The third-order valence-corrected chi connectivity index (χ3v) is 7.10.